The molecule has 1 atom stereocenters. The summed E-state index contributed by atoms with van der Waals surface area (Å²) in [6.45, 7) is 2.13. The van der Waals surface area contributed by atoms with E-state index in [1.54, 1.807) is 16.6 Å². The number of aromatic nitrogens is 2. The van der Waals surface area contributed by atoms with Crippen LogP contribution in [0.5, 0.6) is 0 Å². The summed E-state index contributed by atoms with van der Waals surface area (Å²) in [5.74, 6) is -0.0973. The third-order valence-corrected chi connectivity index (χ3v) is 3.83. The number of aliphatic hydroxyl groups is 1. The predicted octanol–water partition coefficient (Wildman–Crippen LogP) is 0.493. The highest BCUT2D eigenvalue weighted by Gasteiger charge is 2.24. The number of hydrogen-bond donors (Lipinski definition) is 2. The molecule has 0 spiro atoms. The molecule has 1 aliphatic heterocycles. The van der Waals surface area contributed by atoms with E-state index in [2.05, 4.69) is 10.4 Å². The van der Waals surface area contributed by atoms with Gasteiger partial charge in [0.05, 0.1) is 11.8 Å². The van der Waals surface area contributed by atoms with E-state index in [1.165, 1.54) is 0 Å². The summed E-state index contributed by atoms with van der Waals surface area (Å²) in [4.78, 5) is 14.4. The van der Waals surface area contributed by atoms with Gasteiger partial charge in [0.2, 0.25) is 0 Å². The standard InChI is InChI=1S/C16H20N4O2/c1-19-15(9-14(18-19)12-5-3-2-4-6-12)16(22)20-8-7-17-10-13(21)11-20/h2-6,9,13,17,21H,7-8,10-11H2,1H3/t13-/m1/s1. The normalized spacial score (nSPS) is 19.0. The topological polar surface area (TPSA) is 70.4 Å². The number of carbonyl (C=O) groups is 1. The van der Waals surface area contributed by atoms with Crippen molar-refractivity contribution >= 4 is 5.91 Å². The maximum Gasteiger partial charge on any atom is 0.272 e. The zero-order valence-corrected chi connectivity index (χ0v) is 12.6. The van der Waals surface area contributed by atoms with Crippen LogP contribution in [0.1, 0.15) is 10.5 Å². The Bertz CT molecular complexity index is 653. The van der Waals surface area contributed by atoms with Crippen LogP contribution in [0, 0.1) is 0 Å². The second-order valence-electron chi connectivity index (χ2n) is 5.51. The predicted molar refractivity (Wildman–Crippen MR) is 83.4 cm³/mol. The van der Waals surface area contributed by atoms with Gasteiger partial charge < -0.3 is 15.3 Å². The SMILES string of the molecule is Cn1nc(-c2ccccc2)cc1C(=O)N1CCNC[C@@H](O)C1. The Morgan fingerprint density at radius 1 is 1.36 bits per heavy atom. The van der Waals surface area contributed by atoms with Gasteiger partial charge >= 0.3 is 0 Å². The van der Waals surface area contributed by atoms with Crippen LogP contribution in [0.3, 0.4) is 0 Å². The fourth-order valence-electron chi connectivity index (χ4n) is 2.66. The molecule has 2 aromatic rings. The quantitative estimate of drug-likeness (QED) is 0.847. The summed E-state index contributed by atoms with van der Waals surface area (Å²) < 4.78 is 1.61. The Hall–Kier alpha value is -2.18. The molecule has 0 saturated carbocycles. The van der Waals surface area contributed by atoms with E-state index in [4.69, 9.17) is 0 Å². The van der Waals surface area contributed by atoms with Gasteiger partial charge in [0.15, 0.2) is 0 Å². The molecule has 22 heavy (non-hydrogen) atoms. The van der Waals surface area contributed by atoms with E-state index in [1.807, 2.05) is 36.4 Å². The second-order valence-corrected chi connectivity index (χ2v) is 5.51. The monoisotopic (exact) mass is 300 g/mol. The molecule has 2 heterocycles. The third-order valence-electron chi connectivity index (χ3n) is 3.83. The van der Waals surface area contributed by atoms with E-state index < -0.39 is 6.10 Å². The number of β-amino-alcohol motifs (C(OH)–C–C–N with tert-alkyl or cyclic N) is 1. The molecule has 1 aliphatic rings. The van der Waals surface area contributed by atoms with Crippen molar-refractivity contribution in [3.63, 3.8) is 0 Å². The van der Waals surface area contributed by atoms with Crippen molar-refractivity contribution in [2.75, 3.05) is 26.2 Å². The minimum Gasteiger partial charge on any atom is -0.390 e. The van der Waals surface area contributed by atoms with Crippen LogP contribution in [0.25, 0.3) is 11.3 Å². The van der Waals surface area contributed by atoms with Gasteiger partial charge in [0.1, 0.15) is 5.69 Å². The summed E-state index contributed by atoms with van der Waals surface area (Å²) in [5, 5.41) is 17.4. The zero-order valence-electron chi connectivity index (χ0n) is 12.6. The highest BCUT2D eigenvalue weighted by molar-refractivity contribution is 5.93. The Balaban J connectivity index is 1.85. The fourth-order valence-corrected chi connectivity index (χ4v) is 2.66. The molecule has 1 saturated heterocycles. The first-order chi connectivity index (χ1) is 10.6. The molecule has 6 heteroatoms. The number of nitrogens with zero attached hydrogens (tertiary/aromatic N) is 3. The molecule has 1 aromatic carbocycles. The van der Waals surface area contributed by atoms with E-state index in [9.17, 15) is 9.90 Å². The number of amides is 1. The Kier molecular flexibility index (Phi) is 4.22. The first-order valence-electron chi connectivity index (χ1n) is 7.42. The van der Waals surface area contributed by atoms with Gasteiger partial charge in [-0.15, -0.1) is 0 Å². The van der Waals surface area contributed by atoms with E-state index in [0.29, 0.717) is 31.9 Å². The molecule has 1 amide bonds. The van der Waals surface area contributed by atoms with Crippen LogP contribution in [-0.4, -0.2) is 58.0 Å². The van der Waals surface area contributed by atoms with Crippen LogP contribution in [0.4, 0.5) is 0 Å². The van der Waals surface area contributed by atoms with Crippen LogP contribution in [0.15, 0.2) is 36.4 Å². The summed E-state index contributed by atoms with van der Waals surface area (Å²) in [5.41, 5.74) is 2.29. The highest BCUT2D eigenvalue weighted by Crippen LogP contribution is 2.19. The Morgan fingerprint density at radius 3 is 2.91 bits per heavy atom. The van der Waals surface area contributed by atoms with E-state index >= 15 is 0 Å². The van der Waals surface area contributed by atoms with Crippen molar-refractivity contribution in [3.05, 3.63) is 42.1 Å². The molecule has 0 aliphatic carbocycles. The molecule has 6 nitrogen and oxygen atoms in total. The average molecular weight is 300 g/mol. The molecule has 1 aromatic heterocycles. The average Bonchev–Trinajstić information content (AvgIpc) is 2.78. The van der Waals surface area contributed by atoms with Crippen molar-refractivity contribution in [3.8, 4) is 11.3 Å². The highest BCUT2D eigenvalue weighted by atomic mass is 16.3. The summed E-state index contributed by atoms with van der Waals surface area (Å²) in [6.07, 6.45) is -0.534. The van der Waals surface area contributed by atoms with Crippen LogP contribution < -0.4 is 5.32 Å². The number of hydrogen-bond acceptors (Lipinski definition) is 4. The summed E-state index contributed by atoms with van der Waals surface area (Å²) in [6, 6.07) is 11.6. The smallest absolute Gasteiger partial charge is 0.272 e. The summed E-state index contributed by atoms with van der Waals surface area (Å²) in [7, 11) is 1.77. The first-order valence-corrected chi connectivity index (χ1v) is 7.42. The van der Waals surface area contributed by atoms with Gasteiger partial charge in [0, 0.05) is 38.8 Å². The number of carbonyl (C=O) groups excluding carboxylic acids is 1. The molecular formula is C16H20N4O2. The van der Waals surface area contributed by atoms with Gasteiger partial charge in [-0.1, -0.05) is 30.3 Å². The lowest BCUT2D eigenvalue weighted by Gasteiger charge is -2.21. The lowest BCUT2D eigenvalue weighted by Crippen LogP contribution is -2.38. The zero-order chi connectivity index (χ0) is 15.5. The lowest BCUT2D eigenvalue weighted by molar-refractivity contribution is 0.0662. The minimum atomic E-state index is -0.534. The maximum absolute atomic E-state index is 12.7. The van der Waals surface area contributed by atoms with Gasteiger partial charge in [-0.05, 0) is 6.07 Å². The van der Waals surface area contributed by atoms with Crippen LogP contribution >= 0.6 is 0 Å². The molecule has 116 valence electrons. The molecule has 1 fully saturated rings. The van der Waals surface area contributed by atoms with Crippen molar-refractivity contribution in [1.82, 2.24) is 20.0 Å². The summed E-state index contributed by atoms with van der Waals surface area (Å²) >= 11 is 0. The van der Waals surface area contributed by atoms with Crippen molar-refractivity contribution in [2.24, 2.45) is 7.05 Å². The van der Waals surface area contributed by atoms with Gasteiger partial charge in [0.25, 0.3) is 5.91 Å². The van der Waals surface area contributed by atoms with Gasteiger partial charge in [-0.2, -0.15) is 5.10 Å². The number of rotatable bonds is 2. The molecule has 0 unspecified atom stereocenters. The first kappa shape index (κ1) is 14.7. The molecule has 0 bridgehead atoms. The van der Waals surface area contributed by atoms with Crippen LogP contribution in [-0.2, 0) is 7.05 Å². The van der Waals surface area contributed by atoms with Crippen molar-refractivity contribution in [1.29, 1.82) is 0 Å². The van der Waals surface area contributed by atoms with Crippen molar-refractivity contribution < 1.29 is 9.90 Å². The van der Waals surface area contributed by atoms with Gasteiger partial charge in [-0.25, -0.2) is 0 Å². The molecule has 2 N–H and O–H groups in total. The van der Waals surface area contributed by atoms with Crippen molar-refractivity contribution in [2.45, 2.75) is 6.10 Å². The second kappa shape index (κ2) is 6.29. The Morgan fingerprint density at radius 2 is 2.14 bits per heavy atom. The third kappa shape index (κ3) is 3.03. The maximum atomic E-state index is 12.7. The fraction of sp³-hybridized carbons (Fsp3) is 0.375. The number of aliphatic hydroxyl groups excluding tert-OH is 1. The van der Waals surface area contributed by atoms with Gasteiger partial charge in [-0.3, -0.25) is 9.48 Å². The van der Waals surface area contributed by atoms with E-state index in [0.717, 1.165) is 11.3 Å². The number of nitrogens with one attached hydrogen (secondary N) is 1. The number of aryl methyl sites for hydroxylation is 1. The minimum absolute atomic E-state index is 0.0973. The van der Waals surface area contributed by atoms with E-state index in [-0.39, 0.29) is 5.91 Å². The molecule has 3 rings (SSSR count). The molecule has 0 radical (unpaired) electrons. The number of benzene rings is 1. The Labute approximate surface area is 129 Å². The lowest BCUT2D eigenvalue weighted by atomic mass is 10.1. The van der Waals surface area contributed by atoms with Crippen LogP contribution in [0.2, 0.25) is 0 Å². The largest absolute Gasteiger partial charge is 0.390 e. The molecular weight excluding hydrogens is 280 g/mol.